The summed E-state index contributed by atoms with van der Waals surface area (Å²) in [5.41, 5.74) is 0.782. The number of anilines is 1. The monoisotopic (exact) mass is 253 g/mol. The minimum absolute atomic E-state index is 0.138. The molecule has 0 amide bonds. The van der Waals surface area contributed by atoms with Crippen molar-refractivity contribution >= 4 is 11.5 Å². The maximum Gasteiger partial charge on any atom is 0.363 e. The molecule has 1 heterocycles. The molecule has 1 rings (SSSR count). The van der Waals surface area contributed by atoms with Crippen molar-refractivity contribution in [3.8, 4) is 0 Å². The molecule has 0 aliphatic rings. The molecule has 100 valence electrons. The Balaban J connectivity index is 2.17. The van der Waals surface area contributed by atoms with E-state index in [-0.39, 0.29) is 5.82 Å². The first kappa shape index (κ1) is 14.4. The van der Waals surface area contributed by atoms with E-state index in [1.54, 1.807) is 6.07 Å². The number of ether oxygens (including phenoxy) is 1. The van der Waals surface area contributed by atoms with E-state index in [9.17, 15) is 10.1 Å². The second-order valence-corrected chi connectivity index (χ2v) is 4.41. The van der Waals surface area contributed by atoms with Crippen LogP contribution in [-0.4, -0.2) is 29.7 Å². The average Bonchev–Trinajstić information content (AvgIpc) is 2.34. The van der Waals surface area contributed by atoms with E-state index in [4.69, 9.17) is 4.74 Å². The van der Waals surface area contributed by atoms with E-state index in [1.165, 1.54) is 12.3 Å². The SMILES string of the molecule is CC(C)COCCCNc1ccc([N+](=O)[O-])nc1. The molecule has 0 atom stereocenters. The number of nitro groups is 1. The third kappa shape index (κ3) is 5.58. The fourth-order valence-corrected chi connectivity index (χ4v) is 1.32. The normalized spacial score (nSPS) is 10.6. The highest BCUT2D eigenvalue weighted by molar-refractivity contribution is 5.43. The van der Waals surface area contributed by atoms with Crippen LogP contribution in [0.25, 0.3) is 0 Å². The van der Waals surface area contributed by atoms with Crippen LogP contribution in [0.5, 0.6) is 0 Å². The van der Waals surface area contributed by atoms with Crippen LogP contribution in [0.15, 0.2) is 18.3 Å². The molecule has 1 aromatic heterocycles. The van der Waals surface area contributed by atoms with E-state index >= 15 is 0 Å². The molecule has 6 nitrogen and oxygen atoms in total. The zero-order chi connectivity index (χ0) is 13.4. The van der Waals surface area contributed by atoms with Crippen LogP contribution >= 0.6 is 0 Å². The van der Waals surface area contributed by atoms with E-state index in [2.05, 4.69) is 24.1 Å². The zero-order valence-electron chi connectivity index (χ0n) is 10.8. The van der Waals surface area contributed by atoms with Gasteiger partial charge in [-0.25, -0.2) is 0 Å². The largest absolute Gasteiger partial charge is 0.382 e. The molecule has 1 N–H and O–H groups in total. The number of nitrogens with zero attached hydrogens (tertiary/aromatic N) is 2. The first-order valence-corrected chi connectivity index (χ1v) is 6.01. The maximum atomic E-state index is 10.4. The van der Waals surface area contributed by atoms with Gasteiger partial charge in [0.25, 0.3) is 0 Å². The summed E-state index contributed by atoms with van der Waals surface area (Å²) in [6.45, 7) is 6.48. The average molecular weight is 253 g/mol. The molecule has 1 aromatic rings. The van der Waals surface area contributed by atoms with Gasteiger partial charge in [-0.2, -0.15) is 0 Å². The summed E-state index contributed by atoms with van der Waals surface area (Å²) in [5.74, 6) is 0.414. The molecule has 0 saturated carbocycles. The summed E-state index contributed by atoms with van der Waals surface area (Å²) >= 11 is 0. The van der Waals surface area contributed by atoms with Crippen molar-refractivity contribution < 1.29 is 9.66 Å². The van der Waals surface area contributed by atoms with Gasteiger partial charge in [-0.3, -0.25) is 0 Å². The minimum Gasteiger partial charge on any atom is -0.382 e. The summed E-state index contributed by atoms with van der Waals surface area (Å²) in [6, 6.07) is 3.04. The zero-order valence-corrected chi connectivity index (χ0v) is 10.8. The van der Waals surface area contributed by atoms with Crippen molar-refractivity contribution in [2.75, 3.05) is 25.1 Å². The third-order valence-corrected chi connectivity index (χ3v) is 2.18. The second-order valence-electron chi connectivity index (χ2n) is 4.41. The predicted octanol–water partition coefficient (Wildman–Crippen LogP) is 2.46. The highest BCUT2D eigenvalue weighted by atomic mass is 16.6. The Hall–Kier alpha value is -1.69. The molecular weight excluding hydrogens is 234 g/mol. The van der Waals surface area contributed by atoms with E-state index in [0.29, 0.717) is 12.5 Å². The molecule has 0 unspecified atom stereocenters. The van der Waals surface area contributed by atoms with Crippen LogP contribution in [0.2, 0.25) is 0 Å². The van der Waals surface area contributed by atoms with Gasteiger partial charge in [0.1, 0.15) is 0 Å². The van der Waals surface area contributed by atoms with E-state index < -0.39 is 4.92 Å². The quantitative estimate of drug-likeness (QED) is 0.437. The van der Waals surface area contributed by atoms with Crippen molar-refractivity contribution in [1.82, 2.24) is 4.98 Å². The summed E-state index contributed by atoms with van der Waals surface area (Å²) in [5, 5.41) is 13.5. The fraction of sp³-hybridized carbons (Fsp3) is 0.583. The third-order valence-electron chi connectivity index (χ3n) is 2.18. The topological polar surface area (TPSA) is 77.3 Å². The highest BCUT2D eigenvalue weighted by Crippen LogP contribution is 2.11. The van der Waals surface area contributed by atoms with Gasteiger partial charge in [-0.05, 0) is 28.3 Å². The van der Waals surface area contributed by atoms with Gasteiger partial charge in [0.15, 0.2) is 6.20 Å². The molecule has 0 radical (unpaired) electrons. The number of hydrogen-bond donors (Lipinski definition) is 1. The Labute approximate surface area is 107 Å². The molecule has 0 fully saturated rings. The van der Waals surface area contributed by atoms with Crippen LogP contribution in [0, 0.1) is 16.0 Å². The van der Waals surface area contributed by atoms with Crippen LogP contribution in [0.4, 0.5) is 11.5 Å². The van der Waals surface area contributed by atoms with E-state index in [0.717, 1.165) is 25.3 Å². The van der Waals surface area contributed by atoms with Gasteiger partial charge in [0.2, 0.25) is 0 Å². The Morgan fingerprint density at radius 1 is 1.50 bits per heavy atom. The molecule has 6 heteroatoms. The lowest BCUT2D eigenvalue weighted by atomic mass is 10.2. The lowest BCUT2D eigenvalue weighted by Gasteiger charge is -2.07. The Kier molecular flexibility index (Phi) is 6.07. The van der Waals surface area contributed by atoms with E-state index in [1.807, 2.05) is 0 Å². The summed E-state index contributed by atoms with van der Waals surface area (Å²) in [4.78, 5) is 13.6. The lowest BCUT2D eigenvalue weighted by molar-refractivity contribution is -0.389. The molecule has 0 spiro atoms. The minimum atomic E-state index is -0.510. The molecular formula is C12H19N3O3. The summed E-state index contributed by atoms with van der Waals surface area (Å²) < 4.78 is 5.44. The van der Waals surface area contributed by atoms with Crippen LogP contribution in [-0.2, 0) is 4.74 Å². The molecule has 0 saturated heterocycles. The van der Waals surface area contributed by atoms with Crippen molar-refractivity contribution in [3.05, 3.63) is 28.4 Å². The van der Waals surface area contributed by atoms with Crippen LogP contribution in [0.1, 0.15) is 20.3 Å². The van der Waals surface area contributed by atoms with Crippen LogP contribution in [0.3, 0.4) is 0 Å². The maximum absolute atomic E-state index is 10.4. The van der Waals surface area contributed by atoms with Gasteiger partial charge < -0.3 is 20.2 Å². The number of hydrogen-bond acceptors (Lipinski definition) is 5. The molecule has 18 heavy (non-hydrogen) atoms. The van der Waals surface area contributed by atoms with Crippen molar-refractivity contribution in [1.29, 1.82) is 0 Å². The smallest absolute Gasteiger partial charge is 0.363 e. The van der Waals surface area contributed by atoms with Gasteiger partial charge in [0, 0.05) is 25.8 Å². The van der Waals surface area contributed by atoms with Crippen molar-refractivity contribution in [2.24, 2.45) is 5.92 Å². The van der Waals surface area contributed by atoms with Gasteiger partial charge in [-0.15, -0.1) is 0 Å². The number of nitrogens with one attached hydrogen (secondary N) is 1. The van der Waals surface area contributed by atoms with Crippen molar-refractivity contribution in [3.63, 3.8) is 0 Å². The molecule has 0 aromatic carbocycles. The standard InChI is InChI=1S/C12H19N3O3/c1-10(2)9-18-7-3-6-13-11-4-5-12(14-8-11)15(16)17/h4-5,8,10,13H,3,6-7,9H2,1-2H3. The number of pyridine rings is 1. The molecule has 0 aliphatic carbocycles. The van der Waals surface area contributed by atoms with Gasteiger partial charge >= 0.3 is 5.82 Å². The Morgan fingerprint density at radius 2 is 2.28 bits per heavy atom. The summed E-state index contributed by atoms with van der Waals surface area (Å²) in [7, 11) is 0. The first-order valence-electron chi connectivity index (χ1n) is 6.01. The molecule has 0 bridgehead atoms. The molecule has 0 aliphatic heterocycles. The fourth-order valence-electron chi connectivity index (χ4n) is 1.32. The number of rotatable bonds is 8. The summed E-state index contributed by atoms with van der Waals surface area (Å²) in [6.07, 6.45) is 2.36. The Morgan fingerprint density at radius 3 is 2.83 bits per heavy atom. The van der Waals surface area contributed by atoms with Gasteiger partial charge in [0.05, 0.1) is 5.69 Å². The van der Waals surface area contributed by atoms with Gasteiger partial charge in [-0.1, -0.05) is 13.8 Å². The van der Waals surface area contributed by atoms with Crippen molar-refractivity contribution in [2.45, 2.75) is 20.3 Å². The lowest BCUT2D eigenvalue weighted by Crippen LogP contribution is -2.08. The number of aromatic nitrogens is 1. The first-order chi connectivity index (χ1) is 8.59. The predicted molar refractivity (Wildman–Crippen MR) is 69.7 cm³/mol. The Bertz CT molecular complexity index is 365. The second kappa shape index (κ2) is 7.60. The van der Waals surface area contributed by atoms with Crippen LogP contribution < -0.4 is 5.32 Å². The highest BCUT2D eigenvalue weighted by Gasteiger charge is 2.05.